The molecule has 5 rings (SSSR count). The number of nitrogens with one attached hydrogen (secondary N) is 1. The van der Waals surface area contributed by atoms with Gasteiger partial charge in [-0.1, -0.05) is 29.8 Å². The third-order valence-corrected chi connectivity index (χ3v) is 7.91. The number of ketones is 1. The molecule has 32 heavy (non-hydrogen) atoms. The molecule has 2 atom stereocenters. The molecule has 2 fully saturated rings. The quantitative estimate of drug-likeness (QED) is 0.529. The van der Waals surface area contributed by atoms with Gasteiger partial charge < -0.3 is 14.8 Å². The number of rotatable bonds is 6. The van der Waals surface area contributed by atoms with Crippen molar-refractivity contribution >= 4 is 46.4 Å². The fourth-order valence-electron chi connectivity index (χ4n) is 3.76. The maximum Gasteiger partial charge on any atom is 0.242 e. The van der Waals surface area contributed by atoms with Gasteiger partial charge in [0.25, 0.3) is 0 Å². The van der Waals surface area contributed by atoms with Crippen LogP contribution in [0, 0.1) is 0 Å². The summed E-state index contributed by atoms with van der Waals surface area (Å²) >= 11 is 8.93. The third-order valence-electron chi connectivity index (χ3n) is 5.46. The van der Waals surface area contributed by atoms with E-state index in [1.807, 2.05) is 41.1 Å². The van der Waals surface area contributed by atoms with Crippen molar-refractivity contribution < 1.29 is 19.1 Å². The number of thioether (sulfide) groups is 1. The van der Waals surface area contributed by atoms with E-state index in [0.717, 1.165) is 5.56 Å². The van der Waals surface area contributed by atoms with Crippen LogP contribution in [0.25, 0.3) is 0 Å². The molecular formula is C23H19ClN2O4S2. The molecule has 0 bridgehead atoms. The van der Waals surface area contributed by atoms with Gasteiger partial charge >= 0.3 is 0 Å². The second-order valence-electron chi connectivity index (χ2n) is 7.62. The molecule has 2 aromatic heterocycles. The number of Topliss-reactive ketones (excluding diaryl/α,β-unsaturated/α-hetero) is 1. The second kappa shape index (κ2) is 8.86. The van der Waals surface area contributed by atoms with Crippen molar-refractivity contribution in [1.29, 1.82) is 0 Å². The highest BCUT2D eigenvalue weighted by atomic mass is 35.5. The molecule has 0 saturated carbocycles. The van der Waals surface area contributed by atoms with Gasteiger partial charge in [-0.25, -0.2) is 4.98 Å². The fourth-order valence-corrected chi connectivity index (χ4v) is 5.73. The SMILES string of the molecule is O=C1CC(c2ccsc2)(c2cccc(OC3COC3)n2)NC(=O)C1Sc1ccccc1Cl. The maximum atomic E-state index is 13.3. The van der Waals surface area contributed by atoms with Crippen LogP contribution in [0.15, 0.2) is 64.2 Å². The Labute approximate surface area is 198 Å². The molecule has 0 aliphatic carbocycles. The zero-order valence-corrected chi connectivity index (χ0v) is 19.2. The van der Waals surface area contributed by atoms with Crippen molar-refractivity contribution in [3.8, 4) is 5.88 Å². The van der Waals surface area contributed by atoms with Gasteiger partial charge in [-0.2, -0.15) is 11.3 Å². The van der Waals surface area contributed by atoms with Gasteiger partial charge in [-0.3, -0.25) is 9.59 Å². The highest BCUT2D eigenvalue weighted by Crippen LogP contribution is 2.41. The highest BCUT2D eigenvalue weighted by molar-refractivity contribution is 8.01. The van der Waals surface area contributed by atoms with E-state index in [9.17, 15) is 9.59 Å². The van der Waals surface area contributed by atoms with E-state index >= 15 is 0 Å². The number of hydrogen-bond donors (Lipinski definition) is 1. The van der Waals surface area contributed by atoms with Gasteiger partial charge in [0.2, 0.25) is 11.8 Å². The van der Waals surface area contributed by atoms with Crippen molar-refractivity contribution in [3.05, 3.63) is 75.6 Å². The Bertz CT molecular complexity index is 1130. The first-order valence-corrected chi connectivity index (χ1v) is 12.3. The van der Waals surface area contributed by atoms with E-state index in [1.54, 1.807) is 18.2 Å². The lowest BCUT2D eigenvalue weighted by Gasteiger charge is -2.39. The zero-order chi connectivity index (χ0) is 22.1. The number of carbonyl (C=O) groups is 2. The van der Waals surface area contributed by atoms with Crippen molar-refractivity contribution in [3.63, 3.8) is 0 Å². The normalized spacial score (nSPS) is 23.5. The van der Waals surface area contributed by atoms with E-state index in [4.69, 9.17) is 21.1 Å². The Morgan fingerprint density at radius 3 is 2.69 bits per heavy atom. The Kier molecular flexibility index (Phi) is 5.94. The smallest absolute Gasteiger partial charge is 0.242 e. The Balaban J connectivity index is 1.47. The van der Waals surface area contributed by atoms with Gasteiger partial charge in [0.1, 0.15) is 16.9 Å². The van der Waals surface area contributed by atoms with Gasteiger partial charge in [-0.05, 0) is 40.6 Å². The van der Waals surface area contributed by atoms with Crippen LogP contribution in [-0.2, 0) is 19.9 Å². The van der Waals surface area contributed by atoms with Crippen LogP contribution >= 0.6 is 34.7 Å². The van der Waals surface area contributed by atoms with Crippen molar-refractivity contribution in [2.24, 2.45) is 0 Å². The van der Waals surface area contributed by atoms with Gasteiger partial charge in [0, 0.05) is 17.4 Å². The summed E-state index contributed by atoms with van der Waals surface area (Å²) < 4.78 is 11.0. The molecule has 3 aromatic rings. The van der Waals surface area contributed by atoms with Crippen LogP contribution in [0.5, 0.6) is 5.88 Å². The van der Waals surface area contributed by atoms with E-state index in [2.05, 4.69) is 10.3 Å². The molecule has 9 heteroatoms. The molecule has 164 valence electrons. The third kappa shape index (κ3) is 4.03. The number of halogens is 1. The molecule has 2 aliphatic rings. The lowest BCUT2D eigenvalue weighted by molar-refractivity contribution is -0.133. The number of aromatic nitrogens is 1. The molecule has 2 aliphatic heterocycles. The average Bonchev–Trinajstić information content (AvgIpc) is 3.30. The van der Waals surface area contributed by atoms with Crippen LogP contribution in [0.1, 0.15) is 17.7 Å². The molecule has 2 saturated heterocycles. The minimum atomic E-state index is -1.05. The summed E-state index contributed by atoms with van der Waals surface area (Å²) in [5, 5.41) is 6.61. The highest BCUT2D eigenvalue weighted by Gasteiger charge is 2.48. The number of thiophene rings is 1. The predicted molar refractivity (Wildman–Crippen MR) is 123 cm³/mol. The van der Waals surface area contributed by atoms with Crippen LogP contribution in [0.3, 0.4) is 0 Å². The molecular weight excluding hydrogens is 468 g/mol. The van der Waals surface area contributed by atoms with Crippen LogP contribution in [0.4, 0.5) is 0 Å². The molecule has 1 amide bonds. The topological polar surface area (TPSA) is 77.5 Å². The number of pyridine rings is 1. The number of amides is 1. The molecule has 0 radical (unpaired) electrons. The van der Waals surface area contributed by atoms with Gasteiger partial charge in [0.05, 0.1) is 23.9 Å². The summed E-state index contributed by atoms with van der Waals surface area (Å²) in [6.45, 7) is 1.05. The van der Waals surface area contributed by atoms with Gasteiger partial charge in [-0.15, -0.1) is 11.8 Å². The summed E-state index contributed by atoms with van der Waals surface area (Å²) in [5.41, 5.74) is 0.333. The Morgan fingerprint density at radius 2 is 2.00 bits per heavy atom. The number of carbonyl (C=O) groups excluding carboxylic acids is 2. The minimum absolute atomic E-state index is 0.0335. The van der Waals surface area contributed by atoms with Crippen molar-refractivity contribution in [2.75, 3.05) is 13.2 Å². The number of hydrogen-bond acceptors (Lipinski definition) is 7. The molecule has 2 unspecified atom stereocenters. The first-order valence-electron chi connectivity index (χ1n) is 10.1. The predicted octanol–water partition coefficient (Wildman–Crippen LogP) is 4.07. The summed E-state index contributed by atoms with van der Waals surface area (Å²) in [7, 11) is 0. The minimum Gasteiger partial charge on any atom is -0.469 e. The number of nitrogens with zero attached hydrogens (tertiary/aromatic N) is 1. The van der Waals surface area contributed by atoms with Gasteiger partial charge in [0.15, 0.2) is 5.78 Å². The first kappa shape index (κ1) is 21.5. The van der Waals surface area contributed by atoms with E-state index in [1.165, 1.54) is 23.1 Å². The van der Waals surface area contributed by atoms with E-state index < -0.39 is 10.8 Å². The van der Waals surface area contributed by atoms with Crippen molar-refractivity contribution in [1.82, 2.24) is 10.3 Å². The summed E-state index contributed by atoms with van der Waals surface area (Å²) in [4.78, 5) is 31.9. The van der Waals surface area contributed by atoms with Crippen LogP contribution in [-0.4, -0.2) is 41.2 Å². The second-order valence-corrected chi connectivity index (χ2v) is 9.95. The maximum absolute atomic E-state index is 13.3. The average molecular weight is 487 g/mol. The molecule has 0 spiro atoms. The zero-order valence-electron chi connectivity index (χ0n) is 16.8. The lowest BCUT2D eigenvalue weighted by atomic mass is 9.79. The summed E-state index contributed by atoms with van der Waals surface area (Å²) in [6.07, 6.45) is 0.0504. The number of piperidine rings is 1. The fraction of sp³-hybridized carbons (Fsp3) is 0.261. The molecule has 4 heterocycles. The molecule has 6 nitrogen and oxygen atoms in total. The molecule has 1 N–H and O–H groups in total. The monoisotopic (exact) mass is 486 g/mol. The van der Waals surface area contributed by atoms with Crippen molar-refractivity contribution in [2.45, 2.75) is 28.2 Å². The first-order chi connectivity index (χ1) is 15.5. The number of ether oxygens (including phenoxy) is 2. The van der Waals surface area contributed by atoms with Crippen LogP contribution in [0.2, 0.25) is 5.02 Å². The summed E-state index contributed by atoms with van der Waals surface area (Å²) in [5.74, 6) is -0.0945. The lowest BCUT2D eigenvalue weighted by Crippen LogP contribution is -2.58. The standard InChI is InChI=1S/C23H19ClN2O4S2/c24-16-4-1-2-5-18(16)32-21-17(27)10-23(26-22(21)28,14-8-9-31-13-14)19-6-3-7-20(25-19)30-15-11-29-12-15/h1-9,13,15,21H,10-12H2,(H,26,28). The van der Waals surface area contributed by atoms with E-state index in [-0.39, 0.29) is 24.2 Å². The summed E-state index contributed by atoms with van der Waals surface area (Å²) in [6, 6.07) is 14.5. The Hall–Kier alpha value is -2.39. The largest absolute Gasteiger partial charge is 0.469 e. The Morgan fingerprint density at radius 1 is 1.16 bits per heavy atom. The number of benzene rings is 1. The molecule has 1 aromatic carbocycles. The van der Waals surface area contributed by atoms with E-state index in [0.29, 0.717) is 34.7 Å². The van der Waals surface area contributed by atoms with Crippen LogP contribution < -0.4 is 10.1 Å².